The molecule has 0 radical (unpaired) electrons. The number of halogens is 3. The van der Waals surface area contributed by atoms with Crippen LogP contribution in [0, 0.1) is 28.8 Å². The molecule has 1 aliphatic heterocycles. The summed E-state index contributed by atoms with van der Waals surface area (Å²) in [7, 11) is -4.07. The molecule has 0 amide bonds. The Morgan fingerprint density at radius 1 is 1.06 bits per heavy atom. The van der Waals surface area contributed by atoms with Crippen LogP contribution in [-0.2, 0) is 16.6 Å². The van der Waals surface area contributed by atoms with Crippen LogP contribution in [0.1, 0.15) is 35.1 Å². The van der Waals surface area contributed by atoms with Gasteiger partial charge in [-0.2, -0.15) is 5.26 Å². The molecule has 3 aromatic rings. The molecule has 0 saturated carbocycles. The number of benzene rings is 3. The first-order valence-electron chi connectivity index (χ1n) is 9.80. The third kappa shape index (κ3) is 4.40. The van der Waals surface area contributed by atoms with Crippen molar-refractivity contribution in [3.05, 3.63) is 94.3 Å². The van der Waals surface area contributed by atoms with Gasteiger partial charge in [0.25, 0.3) is 10.0 Å². The first-order chi connectivity index (χ1) is 15.7. The lowest BCUT2D eigenvalue weighted by molar-refractivity contribution is 0.586. The van der Waals surface area contributed by atoms with E-state index in [0.717, 1.165) is 18.2 Å². The molecule has 1 aliphatic rings. The van der Waals surface area contributed by atoms with E-state index in [2.05, 4.69) is 15.0 Å². The third-order valence-corrected chi connectivity index (χ3v) is 6.65. The Bertz CT molecular complexity index is 1430. The summed E-state index contributed by atoms with van der Waals surface area (Å²) >= 11 is 0. The molecule has 1 heterocycles. The van der Waals surface area contributed by atoms with Crippen molar-refractivity contribution in [2.75, 3.05) is 5.32 Å². The minimum absolute atomic E-state index is 0.0120. The molecule has 0 saturated heterocycles. The number of hydrogen-bond acceptors (Lipinski definition) is 4. The van der Waals surface area contributed by atoms with Gasteiger partial charge in [-0.05, 0) is 47.5 Å². The monoisotopic (exact) mass is 470 g/mol. The van der Waals surface area contributed by atoms with Crippen LogP contribution in [0.4, 0.5) is 18.9 Å². The normalized spacial score (nSPS) is 16.3. The summed E-state index contributed by atoms with van der Waals surface area (Å²) in [5, 5.41) is 11.9. The predicted molar refractivity (Wildman–Crippen MR) is 117 cm³/mol. The first-order valence-corrected chi connectivity index (χ1v) is 11.3. The van der Waals surface area contributed by atoms with Crippen molar-refractivity contribution in [3.63, 3.8) is 0 Å². The summed E-state index contributed by atoms with van der Waals surface area (Å²) in [6.07, 6.45) is 0. The number of nitrogens with zero attached hydrogens (tertiary/aromatic N) is 2. The molecule has 0 aromatic heterocycles. The Labute approximate surface area is 188 Å². The Hall–Kier alpha value is -3.84. The zero-order chi connectivity index (χ0) is 23.8. The molecule has 1 atom stereocenters. The Morgan fingerprint density at radius 2 is 1.82 bits per heavy atom. The van der Waals surface area contributed by atoms with E-state index >= 15 is 0 Å². The van der Waals surface area contributed by atoms with E-state index in [1.807, 2.05) is 0 Å². The van der Waals surface area contributed by atoms with Crippen LogP contribution in [0.2, 0.25) is 0 Å². The van der Waals surface area contributed by atoms with E-state index in [1.165, 1.54) is 30.3 Å². The Balaban J connectivity index is 1.77. The molecule has 168 valence electrons. The van der Waals surface area contributed by atoms with Gasteiger partial charge in [0, 0.05) is 11.5 Å². The SMILES string of the molecule is C[C@H](c1ccc(F)c(C#N)c1)c1c(F)ccc2c1NC(=NCc1cccc(F)c1)NS2(=O)=O. The summed E-state index contributed by atoms with van der Waals surface area (Å²) in [6, 6.07) is 13.4. The van der Waals surface area contributed by atoms with Gasteiger partial charge in [0.2, 0.25) is 5.96 Å². The van der Waals surface area contributed by atoms with Gasteiger partial charge in [-0.3, -0.25) is 0 Å². The van der Waals surface area contributed by atoms with E-state index in [9.17, 15) is 21.6 Å². The smallest absolute Gasteiger partial charge is 0.266 e. The minimum Gasteiger partial charge on any atom is -0.324 e. The van der Waals surface area contributed by atoms with Crippen LogP contribution in [0.3, 0.4) is 0 Å². The van der Waals surface area contributed by atoms with Crippen molar-refractivity contribution < 1.29 is 21.6 Å². The zero-order valence-electron chi connectivity index (χ0n) is 17.2. The van der Waals surface area contributed by atoms with E-state index in [1.54, 1.807) is 19.1 Å². The summed E-state index contributed by atoms with van der Waals surface area (Å²) in [5.41, 5.74) is 0.742. The van der Waals surface area contributed by atoms with Crippen molar-refractivity contribution in [3.8, 4) is 6.07 Å². The molecule has 0 spiro atoms. The molecule has 0 bridgehead atoms. The van der Waals surface area contributed by atoms with Gasteiger partial charge in [-0.1, -0.05) is 25.1 Å². The van der Waals surface area contributed by atoms with Crippen LogP contribution < -0.4 is 10.0 Å². The number of aliphatic imine (C=N–C) groups is 1. The number of anilines is 1. The van der Waals surface area contributed by atoms with E-state index < -0.39 is 33.4 Å². The van der Waals surface area contributed by atoms with Gasteiger partial charge in [-0.25, -0.2) is 31.3 Å². The number of guanidine groups is 1. The molecule has 33 heavy (non-hydrogen) atoms. The van der Waals surface area contributed by atoms with Crippen LogP contribution in [0.15, 0.2) is 64.5 Å². The fraction of sp³-hybridized carbons (Fsp3) is 0.130. The summed E-state index contributed by atoms with van der Waals surface area (Å²) in [5.74, 6) is -2.72. The van der Waals surface area contributed by atoms with Gasteiger partial charge >= 0.3 is 0 Å². The molecule has 2 N–H and O–H groups in total. The first kappa shape index (κ1) is 22.4. The van der Waals surface area contributed by atoms with E-state index in [0.29, 0.717) is 11.1 Å². The molecule has 6 nitrogen and oxygen atoms in total. The lowest BCUT2D eigenvalue weighted by Gasteiger charge is -2.26. The number of rotatable bonds is 4. The molecule has 3 aromatic carbocycles. The highest BCUT2D eigenvalue weighted by molar-refractivity contribution is 7.90. The lowest BCUT2D eigenvalue weighted by atomic mass is 9.90. The van der Waals surface area contributed by atoms with Crippen molar-refractivity contribution in [2.45, 2.75) is 24.3 Å². The maximum Gasteiger partial charge on any atom is 0.266 e. The van der Waals surface area contributed by atoms with E-state index in [4.69, 9.17) is 5.26 Å². The van der Waals surface area contributed by atoms with Crippen molar-refractivity contribution in [1.82, 2.24) is 4.72 Å². The average Bonchev–Trinajstić information content (AvgIpc) is 2.77. The van der Waals surface area contributed by atoms with Gasteiger partial charge < -0.3 is 5.32 Å². The number of fused-ring (bicyclic) bond motifs is 1. The van der Waals surface area contributed by atoms with Gasteiger partial charge in [-0.15, -0.1) is 0 Å². The van der Waals surface area contributed by atoms with Crippen LogP contribution in [0.25, 0.3) is 0 Å². The third-order valence-electron chi connectivity index (χ3n) is 5.27. The second-order valence-electron chi connectivity index (χ2n) is 7.43. The second-order valence-corrected chi connectivity index (χ2v) is 9.08. The fourth-order valence-electron chi connectivity index (χ4n) is 3.62. The number of hydrogen-bond donors (Lipinski definition) is 2. The molecule has 4 rings (SSSR count). The van der Waals surface area contributed by atoms with Crippen LogP contribution in [0.5, 0.6) is 0 Å². The van der Waals surface area contributed by atoms with Gasteiger partial charge in [0.1, 0.15) is 28.4 Å². The standard InChI is InChI=1S/C23H17F3N4O2S/c1-13(15-5-6-18(25)16(10-15)11-27)21-19(26)7-8-20-22(21)29-23(30-33(20,31)32)28-12-14-3-2-4-17(24)9-14/h2-10,13H,12H2,1H3,(H2,28,29,30)/t13-/m1/s1. The summed E-state index contributed by atoms with van der Waals surface area (Å²) < 4.78 is 70.1. The molecular weight excluding hydrogens is 453 g/mol. The highest BCUT2D eigenvalue weighted by Crippen LogP contribution is 2.38. The Kier molecular flexibility index (Phi) is 5.82. The molecule has 0 unspecified atom stereocenters. The van der Waals surface area contributed by atoms with Crippen molar-refractivity contribution in [1.29, 1.82) is 5.26 Å². The summed E-state index contributed by atoms with van der Waals surface area (Å²) in [4.78, 5) is 3.98. The quantitative estimate of drug-likeness (QED) is 0.592. The highest BCUT2D eigenvalue weighted by Gasteiger charge is 2.32. The zero-order valence-corrected chi connectivity index (χ0v) is 18.1. The number of sulfonamides is 1. The minimum atomic E-state index is -4.07. The summed E-state index contributed by atoms with van der Waals surface area (Å²) in [6.45, 7) is 1.59. The molecule has 0 aliphatic carbocycles. The van der Waals surface area contributed by atoms with Crippen LogP contribution >= 0.6 is 0 Å². The highest BCUT2D eigenvalue weighted by atomic mass is 32.2. The second kappa shape index (κ2) is 8.60. The average molecular weight is 470 g/mol. The maximum atomic E-state index is 15.0. The topological polar surface area (TPSA) is 94.3 Å². The predicted octanol–water partition coefficient (Wildman–Crippen LogP) is 4.39. The molecular formula is C23H17F3N4O2S. The Morgan fingerprint density at radius 3 is 2.55 bits per heavy atom. The fourth-order valence-corrected chi connectivity index (χ4v) is 4.78. The van der Waals surface area contributed by atoms with Gasteiger partial charge in [0.15, 0.2) is 0 Å². The largest absolute Gasteiger partial charge is 0.324 e. The van der Waals surface area contributed by atoms with Crippen molar-refractivity contribution >= 4 is 21.7 Å². The molecule has 0 fully saturated rings. The molecule has 10 heteroatoms. The maximum absolute atomic E-state index is 15.0. The van der Waals surface area contributed by atoms with Crippen molar-refractivity contribution in [2.24, 2.45) is 4.99 Å². The lowest BCUT2D eigenvalue weighted by Crippen LogP contribution is -2.41. The number of nitrogens with one attached hydrogen (secondary N) is 2. The van der Waals surface area contributed by atoms with E-state index in [-0.39, 0.29) is 34.2 Å². The van der Waals surface area contributed by atoms with Gasteiger partial charge in [0.05, 0.1) is 17.8 Å². The van der Waals surface area contributed by atoms with Crippen LogP contribution in [-0.4, -0.2) is 14.4 Å². The number of nitriles is 1.